The second kappa shape index (κ2) is 9.96. The largest absolute Gasteiger partial charge is 0.390 e. The molecule has 1 spiro atoms. The van der Waals surface area contributed by atoms with Crippen molar-refractivity contribution < 1.29 is 34.7 Å². The molecule has 0 radical (unpaired) electrons. The van der Waals surface area contributed by atoms with Gasteiger partial charge in [0.1, 0.15) is 17.6 Å². The highest BCUT2D eigenvalue weighted by atomic mass is 17.1. The number of carbonyl (C=O) groups is 2. The lowest BCUT2D eigenvalue weighted by Gasteiger charge is -2.47. The van der Waals surface area contributed by atoms with Crippen LogP contribution in [-0.4, -0.2) is 64.7 Å². The van der Waals surface area contributed by atoms with Gasteiger partial charge in [-0.05, 0) is 51.5 Å². The molecule has 33 heavy (non-hydrogen) atoms. The molecule has 186 valence electrons. The van der Waals surface area contributed by atoms with Crippen molar-refractivity contribution in [3.63, 3.8) is 0 Å². The molecule has 0 saturated carbocycles. The number of aliphatic hydroxyl groups is 2. The highest BCUT2D eigenvalue weighted by Crippen LogP contribution is 2.56. The van der Waals surface area contributed by atoms with E-state index in [0.717, 1.165) is 16.7 Å². The first-order valence-electron chi connectivity index (χ1n) is 11.9. The summed E-state index contributed by atoms with van der Waals surface area (Å²) in [6.45, 7) is 9.79. The Kier molecular flexibility index (Phi) is 7.86. The molecule has 1 saturated heterocycles. The van der Waals surface area contributed by atoms with E-state index in [-0.39, 0.29) is 30.6 Å². The van der Waals surface area contributed by atoms with Crippen molar-refractivity contribution in [1.82, 2.24) is 5.32 Å². The van der Waals surface area contributed by atoms with E-state index < -0.39 is 41.7 Å². The Bertz CT molecular complexity index is 835. The maximum Gasteiger partial charge on any atom is 0.235 e. The Hall–Kier alpha value is -1.58. The van der Waals surface area contributed by atoms with Crippen LogP contribution in [0.25, 0.3) is 0 Å². The van der Waals surface area contributed by atoms with Crippen LogP contribution in [0.15, 0.2) is 22.8 Å². The maximum absolute atomic E-state index is 14.1. The highest BCUT2D eigenvalue weighted by Gasteiger charge is 2.67. The van der Waals surface area contributed by atoms with Gasteiger partial charge in [0.2, 0.25) is 5.91 Å². The molecule has 0 aromatic rings. The van der Waals surface area contributed by atoms with Gasteiger partial charge in [0.15, 0.2) is 5.78 Å². The number of ketones is 1. The van der Waals surface area contributed by atoms with Crippen LogP contribution in [0.1, 0.15) is 60.3 Å². The number of allylic oxidation sites excluding steroid dienone is 1. The van der Waals surface area contributed by atoms with Crippen LogP contribution >= 0.6 is 0 Å². The molecule has 8 heteroatoms. The fourth-order valence-electron chi connectivity index (χ4n) is 6.24. The fraction of sp³-hybridized carbons (Fsp3) is 0.760. The van der Waals surface area contributed by atoms with E-state index in [0.29, 0.717) is 18.8 Å². The predicted octanol–water partition coefficient (Wildman–Crippen LogP) is 2.39. The summed E-state index contributed by atoms with van der Waals surface area (Å²) in [7, 11) is 1.38. The first-order chi connectivity index (χ1) is 15.5. The Morgan fingerprint density at radius 1 is 1.18 bits per heavy atom. The number of rotatable bonds is 4. The molecule has 1 aliphatic heterocycles. The van der Waals surface area contributed by atoms with Gasteiger partial charge in [-0.25, -0.2) is 4.89 Å². The Morgan fingerprint density at radius 3 is 2.42 bits per heavy atom. The average Bonchev–Trinajstić information content (AvgIpc) is 3.04. The second-order valence-corrected chi connectivity index (χ2v) is 10.5. The second-order valence-electron chi connectivity index (χ2n) is 10.5. The van der Waals surface area contributed by atoms with Gasteiger partial charge in [-0.1, -0.05) is 31.1 Å². The smallest absolute Gasteiger partial charge is 0.235 e. The minimum absolute atomic E-state index is 0.235. The van der Waals surface area contributed by atoms with Crippen LogP contribution in [0.5, 0.6) is 0 Å². The van der Waals surface area contributed by atoms with Crippen LogP contribution in [-0.2, 0) is 19.2 Å². The number of methoxy groups -OCH3 is 1. The molecule has 4 N–H and O–H groups in total. The summed E-state index contributed by atoms with van der Waals surface area (Å²) in [5.41, 5.74) is 1.01. The van der Waals surface area contributed by atoms with E-state index in [1.807, 2.05) is 26.8 Å². The van der Waals surface area contributed by atoms with E-state index in [1.54, 1.807) is 0 Å². The monoisotopic (exact) mass is 465 g/mol. The summed E-state index contributed by atoms with van der Waals surface area (Å²) >= 11 is 0. The zero-order chi connectivity index (χ0) is 24.7. The molecule has 0 aromatic carbocycles. The van der Waals surface area contributed by atoms with Gasteiger partial charge in [-0.15, -0.1) is 0 Å². The van der Waals surface area contributed by atoms with Crippen LogP contribution in [0, 0.1) is 23.2 Å². The topological polar surface area (TPSA) is 125 Å². The van der Waals surface area contributed by atoms with E-state index in [1.165, 1.54) is 7.11 Å². The van der Waals surface area contributed by atoms with Gasteiger partial charge in [0.05, 0.1) is 12.2 Å². The summed E-state index contributed by atoms with van der Waals surface area (Å²) in [5.74, 6) is -1.61. The molecule has 3 aliphatic rings. The fourth-order valence-corrected chi connectivity index (χ4v) is 6.24. The van der Waals surface area contributed by atoms with Crippen molar-refractivity contribution in [3.05, 3.63) is 22.8 Å². The molecule has 1 heterocycles. The summed E-state index contributed by atoms with van der Waals surface area (Å²) < 4.78 is 5.42. The van der Waals surface area contributed by atoms with E-state index in [2.05, 4.69) is 19.2 Å². The number of hydrogen-bond acceptors (Lipinski definition) is 7. The Morgan fingerprint density at radius 2 is 1.85 bits per heavy atom. The summed E-state index contributed by atoms with van der Waals surface area (Å²) in [6.07, 6.45) is -1.10. The number of nitrogens with one attached hydrogen (secondary N) is 1. The van der Waals surface area contributed by atoms with Gasteiger partial charge in [0.25, 0.3) is 0 Å². The number of ether oxygens (including phenoxy) is 1. The molecule has 0 unspecified atom stereocenters. The normalized spacial score (nSPS) is 41.8. The van der Waals surface area contributed by atoms with E-state index in [9.17, 15) is 25.1 Å². The Labute approximate surface area is 196 Å². The zero-order valence-corrected chi connectivity index (χ0v) is 20.5. The molecule has 8 nitrogen and oxygen atoms in total. The minimum Gasteiger partial charge on any atom is -0.390 e. The van der Waals surface area contributed by atoms with E-state index in [4.69, 9.17) is 9.62 Å². The Balaban J connectivity index is 2.27. The third-order valence-electron chi connectivity index (χ3n) is 8.02. The number of carbonyl (C=O) groups excluding carboxylic acids is 2. The molecule has 0 aromatic heterocycles. The number of aliphatic hydroxyl groups excluding tert-OH is 2. The van der Waals surface area contributed by atoms with Crippen LogP contribution in [0.2, 0.25) is 0 Å². The van der Waals surface area contributed by atoms with Crippen molar-refractivity contribution in [3.8, 4) is 0 Å². The number of Topliss-reactive ketones (excluding diaryl/α,β-unsaturated/α-hetero) is 1. The molecule has 8 atom stereocenters. The molecule has 1 amide bonds. The summed E-state index contributed by atoms with van der Waals surface area (Å²) in [5, 5.41) is 34.2. The maximum atomic E-state index is 14.1. The first kappa shape index (κ1) is 26.0. The minimum atomic E-state index is -1.51. The standard InChI is InChI=1S/C25H39NO7/c1-12(2)9-17-21-14(4)15(5)23(33-31)16-10-13(3)7-8-18(27)22(29)19(32-6)11-20(28)25(16,21)24(30)26-17/h10,12,16-19,21-23,27,29,31H,7-9,11H2,1-6H3,(H,26,30)/b13-10+/t16-,17-,18-,19+,21+,22-,23-,25-/m1/s1. The molecule has 0 bridgehead atoms. The third kappa shape index (κ3) is 4.32. The quantitative estimate of drug-likeness (QED) is 0.217. The van der Waals surface area contributed by atoms with Gasteiger partial charge < -0.3 is 20.3 Å². The molecular formula is C25H39NO7. The molecular weight excluding hydrogens is 426 g/mol. The highest BCUT2D eigenvalue weighted by molar-refractivity contribution is 6.10. The predicted molar refractivity (Wildman–Crippen MR) is 122 cm³/mol. The van der Waals surface area contributed by atoms with Crippen molar-refractivity contribution in [2.24, 2.45) is 23.2 Å². The third-order valence-corrected chi connectivity index (χ3v) is 8.02. The molecule has 3 rings (SSSR count). The first-order valence-corrected chi connectivity index (χ1v) is 11.9. The zero-order valence-electron chi connectivity index (χ0n) is 20.5. The van der Waals surface area contributed by atoms with Gasteiger partial charge in [-0.2, -0.15) is 0 Å². The van der Waals surface area contributed by atoms with Gasteiger partial charge in [0, 0.05) is 31.4 Å². The number of hydrogen-bond donors (Lipinski definition) is 4. The number of amides is 1. The lowest BCUT2D eigenvalue weighted by atomic mass is 9.54. The summed E-state index contributed by atoms with van der Waals surface area (Å²) in [4.78, 5) is 32.9. The van der Waals surface area contributed by atoms with E-state index >= 15 is 0 Å². The van der Waals surface area contributed by atoms with Crippen molar-refractivity contribution in [2.45, 2.75) is 90.8 Å². The van der Waals surface area contributed by atoms with Crippen molar-refractivity contribution in [1.29, 1.82) is 0 Å². The molecule has 2 aliphatic carbocycles. The van der Waals surface area contributed by atoms with Crippen LogP contribution < -0.4 is 5.32 Å². The summed E-state index contributed by atoms with van der Waals surface area (Å²) in [6, 6.07) is -0.242. The van der Waals surface area contributed by atoms with Gasteiger partial charge >= 0.3 is 0 Å². The van der Waals surface area contributed by atoms with Crippen LogP contribution in [0.4, 0.5) is 0 Å². The van der Waals surface area contributed by atoms with Crippen LogP contribution in [0.3, 0.4) is 0 Å². The van der Waals surface area contributed by atoms with Crippen molar-refractivity contribution in [2.75, 3.05) is 7.11 Å². The lowest BCUT2D eigenvalue weighted by Crippen LogP contribution is -2.57. The van der Waals surface area contributed by atoms with Gasteiger partial charge in [-0.3, -0.25) is 14.8 Å². The lowest BCUT2D eigenvalue weighted by molar-refractivity contribution is -0.284. The van der Waals surface area contributed by atoms with Crippen molar-refractivity contribution >= 4 is 11.7 Å². The average molecular weight is 466 g/mol. The SMILES string of the molecule is CO[C@H]1CC(=O)[C@@]23C(=O)N[C@H](CC(C)C)[C@@H]2C(C)=C(C)[C@@H](OO)[C@H]3/C=C(\C)CC[C@@H](O)[C@H]1O. The molecule has 1 fully saturated rings.